The quantitative estimate of drug-likeness (QED) is 0.792. The predicted octanol–water partition coefficient (Wildman–Crippen LogP) is 1.05. The van der Waals surface area contributed by atoms with Gasteiger partial charge >= 0.3 is 0 Å². The lowest BCUT2D eigenvalue weighted by molar-refractivity contribution is 0.0763. The number of likely N-dealkylation sites (tertiary alicyclic amines) is 1. The highest BCUT2D eigenvalue weighted by molar-refractivity contribution is 5.95. The van der Waals surface area contributed by atoms with Gasteiger partial charge in [-0.1, -0.05) is 6.92 Å². The second kappa shape index (κ2) is 4.06. The van der Waals surface area contributed by atoms with E-state index in [2.05, 4.69) is 0 Å². The summed E-state index contributed by atoms with van der Waals surface area (Å²) in [5, 5.41) is 9.36. The minimum absolute atomic E-state index is 0.0304. The number of furan rings is 1. The smallest absolute Gasteiger partial charge is 0.257 e. The Labute approximate surface area is 88.5 Å². The molecule has 0 bridgehead atoms. The normalized spacial score (nSPS) is 20.9. The molecule has 1 saturated heterocycles. The second-order valence-corrected chi connectivity index (χ2v) is 3.80. The number of aryl methyl sites for hydroxylation is 1. The van der Waals surface area contributed by atoms with Gasteiger partial charge < -0.3 is 14.4 Å². The molecule has 0 saturated carbocycles. The summed E-state index contributed by atoms with van der Waals surface area (Å²) in [7, 11) is 0. The van der Waals surface area contributed by atoms with Crippen LogP contribution in [0.1, 0.15) is 29.5 Å². The van der Waals surface area contributed by atoms with Crippen molar-refractivity contribution in [2.45, 2.75) is 25.9 Å². The molecule has 0 unspecified atom stereocenters. The lowest BCUT2D eigenvalue weighted by Gasteiger charge is -2.14. The number of β-amino-alcohol motifs (C(OH)–C–C–N with tert-alkyl or cyclic N) is 1. The monoisotopic (exact) mass is 209 g/mol. The molecular weight excluding hydrogens is 194 g/mol. The lowest BCUT2D eigenvalue weighted by atomic mass is 10.2. The van der Waals surface area contributed by atoms with Crippen LogP contribution in [0.3, 0.4) is 0 Å². The van der Waals surface area contributed by atoms with E-state index in [1.165, 1.54) is 0 Å². The van der Waals surface area contributed by atoms with Crippen molar-refractivity contribution < 1.29 is 14.3 Å². The summed E-state index contributed by atoms with van der Waals surface area (Å²) in [6, 6.07) is 1.70. The molecule has 2 rings (SSSR count). The topological polar surface area (TPSA) is 53.7 Å². The molecule has 2 heterocycles. The van der Waals surface area contributed by atoms with Crippen molar-refractivity contribution >= 4 is 5.91 Å². The fourth-order valence-corrected chi connectivity index (χ4v) is 1.90. The summed E-state index contributed by atoms with van der Waals surface area (Å²) in [6.45, 7) is 3.02. The molecule has 4 heteroatoms. The molecule has 1 aromatic rings. The third-order valence-electron chi connectivity index (χ3n) is 2.75. The molecule has 0 radical (unpaired) electrons. The van der Waals surface area contributed by atoms with Gasteiger partial charge in [-0.3, -0.25) is 4.79 Å². The van der Waals surface area contributed by atoms with Crippen LogP contribution in [0.4, 0.5) is 0 Å². The van der Waals surface area contributed by atoms with Crippen LogP contribution in [0.5, 0.6) is 0 Å². The molecule has 1 N–H and O–H groups in total. The van der Waals surface area contributed by atoms with Gasteiger partial charge in [-0.25, -0.2) is 0 Å². The number of hydrogen-bond acceptors (Lipinski definition) is 3. The second-order valence-electron chi connectivity index (χ2n) is 3.80. The van der Waals surface area contributed by atoms with Crippen LogP contribution in [0.25, 0.3) is 0 Å². The molecule has 0 aliphatic carbocycles. The molecule has 1 aliphatic rings. The lowest BCUT2D eigenvalue weighted by Crippen LogP contribution is -2.29. The van der Waals surface area contributed by atoms with Crippen molar-refractivity contribution in [3.8, 4) is 0 Å². The Morgan fingerprint density at radius 2 is 2.53 bits per heavy atom. The maximum Gasteiger partial charge on any atom is 0.257 e. The van der Waals surface area contributed by atoms with Gasteiger partial charge in [0.25, 0.3) is 5.91 Å². The molecule has 1 atom stereocenters. The van der Waals surface area contributed by atoms with E-state index >= 15 is 0 Å². The molecule has 1 aliphatic heterocycles. The zero-order chi connectivity index (χ0) is 10.8. The maximum absolute atomic E-state index is 12.0. The number of rotatable bonds is 2. The van der Waals surface area contributed by atoms with E-state index < -0.39 is 0 Å². The average molecular weight is 209 g/mol. The molecule has 4 nitrogen and oxygen atoms in total. The molecule has 1 amide bonds. The van der Waals surface area contributed by atoms with Crippen LogP contribution >= 0.6 is 0 Å². The van der Waals surface area contributed by atoms with Gasteiger partial charge in [0.1, 0.15) is 5.76 Å². The van der Waals surface area contributed by atoms with Gasteiger partial charge in [-0.05, 0) is 12.5 Å². The van der Waals surface area contributed by atoms with Gasteiger partial charge in [0, 0.05) is 19.5 Å². The molecule has 0 aromatic carbocycles. The van der Waals surface area contributed by atoms with E-state index in [-0.39, 0.29) is 12.0 Å². The Morgan fingerprint density at radius 3 is 3.13 bits per heavy atom. The van der Waals surface area contributed by atoms with E-state index in [0.29, 0.717) is 31.5 Å². The van der Waals surface area contributed by atoms with E-state index in [9.17, 15) is 9.90 Å². The van der Waals surface area contributed by atoms with Crippen molar-refractivity contribution in [2.24, 2.45) is 0 Å². The van der Waals surface area contributed by atoms with E-state index in [1.807, 2.05) is 6.92 Å². The van der Waals surface area contributed by atoms with Crippen LogP contribution in [-0.2, 0) is 6.42 Å². The van der Waals surface area contributed by atoms with Gasteiger partial charge in [0.05, 0.1) is 17.9 Å². The van der Waals surface area contributed by atoms with Crippen LogP contribution in [0, 0.1) is 0 Å². The van der Waals surface area contributed by atoms with Gasteiger partial charge in [0.2, 0.25) is 0 Å². The molecule has 0 spiro atoms. The number of aliphatic hydroxyl groups is 1. The van der Waals surface area contributed by atoms with Crippen LogP contribution in [0.15, 0.2) is 16.7 Å². The molecule has 1 aromatic heterocycles. The number of carbonyl (C=O) groups is 1. The Bertz CT molecular complexity index is 358. The number of hydrogen-bond donors (Lipinski definition) is 1. The SMILES string of the molecule is CCc1occc1C(=O)N1CC[C@@H](O)C1. The first-order valence-electron chi connectivity index (χ1n) is 5.26. The minimum Gasteiger partial charge on any atom is -0.469 e. The fourth-order valence-electron chi connectivity index (χ4n) is 1.90. The third kappa shape index (κ3) is 1.90. The summed E-state index contributed by atoms with van der Waals surface area (Å²) >= 11 is 0. The average Bonchev–Trinajstić information content (AvgIpc) is 2.84. The van der Waals surface area contributed by atoms with Crippen molar-refractivity contribution in [2.75, 3.05) is 13.1 Å². The largest absolute Gasteiger partial charge is 0.469 e. The first-order chi connectivity index (χ1) is 7.22. The summed E-state index contributed by atoms with van der Waals surface area (Å²) in [5.74, 6) is 0.693. The standard InChI is InChI=1S/C11H15NO3/c1-2-10-9(4-6-15-10)11(14)12-5-3-8(13)7-12/h4,6,8,13H,2-3,5,7H2,1H3/t8-/m1/s1. The number of carbonyl (C=O) groups excluding carboxylic acids is 1. The number of aliphatic hydroxyl groups excluding tert-OH is 1. The van der Waals surface area contributed by atoms with Gasteiger partial charge in [-0.2, -0.15) is 0 Å². The van der Waals surface area contributed by atoms with Crippen LogP contribution in [-0.4, -0.2) is 35.1 Å². The van der Waals surface area contributed by atoms with E-state index in [4.69, 9.17) is 4.42 Å². The van der Waals surface area contributed by atoms with Crippen molar-refractivity contribution in [1.82, 2.24) is 4.90 Å². The number of nitrogens with zero attached hydrogens (tertiary/aromatic N) is 1. The van der Waals surface area contributed by atoms with Crippen molar-refractivity contribution in [3.63, 3.8) is 0 Å². The van der Waals surface area contributed by atoms with Crippen molar-refractivity contribution in [3.05, 3.63) is 23.7 Å². The highest BCUT2D eigenvalue weighted by Crippen LogP contribution is 2.17. The predicted molar refractivity (Wildman–Crippen MR) is 54.6 cm³/mol. The van der Waals surface area contributed by atoms with E-state index in [0.717, 1.165) is 5.76 Å². The summed E-state index contributed by atoms with van der Waals surface area (Å²) in [5.41, 5.74) is 0.631. The third-order valence-corrected chi connectivity index (χ3v) is 2.75. The Hall–Kier alpha value is -1.29. The van der Waals surface area contributed by atoms with Gasteiger partial charge in [0.15, 0.2) is 0 Å². The zero-order valence-electron chi connectivity index (χ0n) is 8.77. The highest BCUT2D eigenvalue weighted by Gasteiger charge is 2.27. The van der Waals surface area contributed by atoms with E-state index in [1.54, 1.807) is 17.2 Å². The Morgan fingerprint density at radius 1 is 1.73 bits per heavy atom. The summed E-state index contributed by atoms with van der Waals surface area (Å²) in [4.78, 5) is 13.7. The van der Waals surface area contributed by atoms with Crippen molar-refractivity contribution in [1.29, 1.82) is 0 Å². The Kier molecular flexibility index (Phi) is 2.77. The molecule has 15 heavy (non-hydrogen) atoms. The maximum atomic E-state index is 12.0. The first-order valence-corrected chi connectivity index (χ1v) is 5.26. The van der Waals surface area contributed by atoms with Crippen LogP contribution in [0.2, 0.25) is 0 Å². The van der Waals surface area contributed by atoms with Crippen LogP contribution < -0.4 is 0 Å². The summed E-state index contributed by atoms with van der Waals surface area (Å²) < 4.78 is 5.21. The molecule has 1 fully saturated rings. The summed E-state index contributed by atoms with van der Waals surface area (Å²) in [6.07, 6.45) is 2.56. The fraction of sp³-hybridized carbons (Fsp3) is 0.545. The number of amides is 1. The molecule has 82 valence electrons. The Balaban J connectivity index is 2.14. The minimum atomic E-state index is -0.370. The molecular formula is C11H15NO3. The van der Waals surface area contributed by atoms with Gasteiger partial charge in [-0.15, -0.1) is 0 Å². The first kappa shape index (κ1) is 10.2. The highest BCUT2D eigenvalue weighted by atomic mass is 16.3. The zero-order valence-corrected chi connectivity index (χ0v) is 8.77.